The van der Waals surface area contributed by atoms with Crippen molar-refractivity contribution in [1.82, 2.24) is 5.32 Å². The van der Waals surface area contributed by atoms with E-state index in [1.165, 1.54) is 12.1 Å². The molecule has 0 bridgehead atoms. The van der Waals surface area contributed by atoms with Crippen LogP contribution in [0.5, 0.6) is 0 Å². The number of hydrogen-bond acceptors (Lipinski definition) is 2. The third-order valence-electron chi connectivity index (χ3n) is 2.54. The summed E-state index contributed by atoms with van der Waals surface area (Å²) in [5.74, 6) is -0.389. The molecule has 1 aromatic rings. The number of nitrogens with two attached hydrogens (primary N) is 1. The topological polar surface area (TPSA) is 55.1 Å². The molecular formula is C13H19FN2O. The van der Waals surface area contributed by atoms with Crippen LogP contribution in [0.2, 0.25) is 0 Å². The molecule has 0 aliphatic carbocycles. The van der Waals surface area contributed by atoms with Gasteiger partial charge in [-0.05, 0) is 30.5 Å². The number of benzene rings is 1. The fourth-order valence-electron chi connectivity index (χ4n) is 1.60. The summed E-state index contributed by atoms with van der Waals surface area (Å²) in [5, 5.41) is 2.75. The average Bonchev–Trinajstić information content (AvgIpc) is 2.29. The number of carbonyl (C=O) groups is 1. The van der Waals surface area contributed by atoms with Crippen LogP contribution >= 0.6 is 0 Å². The van der Waals surface area contributed by atoms with Crippen molar-refractivity contribution in [3.63, 3.8) is 0 Å². The monoisotopic (exact) mass is 238 g/mol. The average molecular weight is 238 g/mol. The Morgan fingerprint density at radius 2 is 2.29 bits per heavy atom. The first-order valence-corrected chi connectivity index (χ1v) is 5.91. The van der Waals surface area contributed by atoms with E-state index in [1.807, 2.05) is 13.0 Å². The van der Waals surface area contributed by atoms with E-state index in [1.54, 1.807) is 6.07 Å². The van der Waals surface area contributed by atoms with E-state index in [-0.39, 0.29) is 11.7 Å². The molecule has 0 heterocycles. The van der Waals surface area contributed by atoms with Crippen LogP contribution in [0.15, 0.2) is 24.3 Å². The molecule has 4 heteroatoms. The van der Waals surface area contributed by atoms with E-state index in [4.69, 9.17) is 5.73 Å². The molecule has 0 aromatic heterocycles. The van der Waals surface area contributed by atoms with E-state index >= 15 is 0 Å². The standard InChI is InChI=1S/C13H19FN2O/c1-2-4-12(15)13(17)16-8-7-10-5-3-6-11(14)9-10/h3,5-6,9,12H,2,4,7-8,15H2,1H3,(H,16,17)/t12-/m0/s1. The molecule has 1 aromatic carbocycles. The van der Waals surface area contributed by atoms with Gasteiger partial charge in [-0.25, -0.2) is 4.39 Å². The second-order valence-corrected chi connectivity index (χ2v) is 4.07. The van der Waals surface area contributed by atoms with Gasteiger partial charge in [0.1, 0.15) is 5.82 Å². The molecule has 1 amide bonds. The Morgan fingerprint density at radius 3 is 2.94 bits per heavy atom. The molecule has 3 nitrogen and oxygen atoms in total. The molecule has 0 fully saturated rings. The number of carbonyl (C=O) groups excluding carboxylic acids is 1. The van der Waals surface area contributed by atoms with Crippen molar-refractivity contribution in [1.29, 1.82) is 0 Å². The maximum Gasteiger partial charge on any atom is 0.236 e. The molecule has 1 rings (SSSR count). The van der Waals surface area contributed by atoms with Crippen molar-refractivity contribution in [2.45, 2.75) is 32.2 Å². The number of rotatable bonds is 6. The third kappa shape index (κ3) is 4.95. The largest absolute Gasteiger partial charge is 0.354 e. The van der Waals surface area contributed by atoms with Gasteiger partial charge in [-0.3, -0.25) is 4.79 Å². The summed E-state index contributed by atoms with van der Waals surface area (Å²) in [6, 6.07) is 5.93. The molecule has 0 aliphatic heterocycles. The molecule has 0 saturated heterocycles. The second kappa shape index (κ2) is 7.01. The minimum Gasteiger partial charge on any atom is -0.354 e. The van der Waals surface area contributed by atoms with Crippen LogP contribution in [0, 0.1) is 5.82 Å². The Kier molecular flexibility index (Phi) is 5.63. The highest BCUT2D eigenvalue weighted by atomic mass is 19.1. The zero-order valence-corrected chi connectivity index (χ0v) is 10.1. The number of halogens is 1. The van der Waals surface area contributed by atoms with Crippen molar-refractivity contribution in [3.8, 4) is 0 Å². The predicted molar refractivity (Wildman–Crippen MR) is 66.0 cm³/mol. The van der Waals surface area contributed by atoms with Gasteiger partial charge in [0.15, 0.2) is 0 Å². The van der Waals surface area contributed by atoms with Gasteiger partial charge in [0.2, 0.25) is 5.91 Å². The number of hydrogen-bond donors (Lipinski definition) is 2. The molecule has 0 unspecified atom stereocenters. The molecular weight excluding hydrogens is 219 g/mol. The summed E-state index contributed by atoms with van der Waals surface area (Å²) < 4.78 is 12.9. The highest BCUT2D eigenvalue weighted by molar-refractivity contribution is 5.81. The summed E-state index contributed by atoms with van der Waals surface area (Å²) in [6.45, 7) is 2.47. The first-order chi connectivity index (χ1) is 8.13. The quantitative estimate of drug-likeness (QED) is 0.791. The minimum atomic E-state index is -0.437. The van der Waals surface area contributed by atoms with Gasteiger partial charge >= 0.3 is 0 Å². The molecule has 0 aliphatic rings. The third-order valence-corrected chi connectivity index (χ3v) is 2.54. The van der Waals surface area contributed by atoms with E-state index in [2.05, 4.69) is 5.32 Å². The Hall–Kier alpha value is -1.42. The fraction of sp³-hybridized carbons (Fsp3) is 0.462. The van der Waals surface area contributed by atoms with Crippen molar-refractivity contribution in [3.05, 3.63) is 35.6 Å². The van der Waals surface area contributed by atoms with Crippen LogP contribution in [0.4, 0.5) is 4.39 Å². The zero-order valence-electron chi connectivity index (χ0n) is 10.1. The first-order valence-electron chi connectivity index (χ1n) is 5.91. The fourth-order valence-corrected chi connectivity index (χ4v) is 1.60. The van der Waals surface area contributed by atoms with Crippen LogP contribution < -0.4 is 11.1 Å². The second-order valence-electron chi connectivity index (χ2n) is 4.07. The molecule has 0 saturated carbocycles. The molecule has 17 heavy (non-hydrogen) atoms. The van der Waals surface area contributed by atoms with E-state index in [9.17, 15) is 9.18 Å². The van der Waals surface area contributed by atoms with Crippen molar-refractivity contribution in [2.75, 3.05) is 6.54 Å². The van der Waals surface area contributed by atoms with Crippen LogP contribution in [-0.4, -0.2) is 18.5 Å². The summed E-state index contributed by atoms with van der Waals surface area (Å²) in [7, 11) is 0. The summed E-state index contributed by atoms with van der Waals surface area (Å²) in [6.07, 6.45) is 2.19. The Bertz CT molecular complexity index is 368. The van der Waals surface area contributed by atoms with Gasteiger partial charge in [-0.15, -0.1) is 0 Å². The Labute approximate surface area is 101 Å². The van der Waals surface area contributed by atoms with Gasteiger partial charge in [0.25, 0.3) is 0 Å². The maximum atomic E-state index is 12.9. The smallest absolute Gasteiger partial charge is 0.236 e. The van der Waals surface area contributed by atoms with Gasteiger partial charge in [-0.1, -0.05) is 25.5 Å². The molecule has 94 valence electrons. The summed E-state index contributed by atoms with van der Waals surface area (Å²) >= 11 is 0. The lowest BCUT2D eigenvalue weighted by molar-refractivity contribution is -0.122. The SMILES string of the molecule is CCC[C@H](N)C(=O)NCCc1cccc(F)c1. The van der Waals surface area contributed by atoms with Gasteiger partial charge in [0, 0.05) is 6.54 Å². The van der Waals surface area contributed by atoms with E-state index < -0.39 is 6.04 Å². The van der Waals surface area contributed by atoms with Crippen LogP contribution in [-0.2, 0) is 11.2 Å². The van der Waals surface area contributed by atoms with Crippen molar-refractivity contribution >= 4 is 5.91 Å². The lowest BCUT2D eigenvalue weighted by atomic mass is 10.1. The lowest BCUT2D eigenvalue weighted by Crippen LogP contribution is -2.41. The molecule has 0 radical (unpaired) electrons. The summed E-state index contributed by atoms with van der Waals surface area (Å²) in [4.78, 5) is 11.5. The van der Waals surface area contributed by atoms with Gasteiger partial charge < -0.3 is 11.1 Å². The first kappa shape index (κ1) is 13.6. The molecule has 3 N–H and O–H groups in total. The van der Waals surface area contributed by atoms with Gasteiger partial charge in [-0.2, -0.15) is 0 Å². The highest BCUT2D eigenvalue weighted by Gasteiger charge is 2.10. The Balaban J connectivity index is 2.30. The normalized spacial score (nSPS) is 12.2. The maximum absolute atomic E-state index is 12.9. The Morgan fingerprint density at radius 1 is 1.53 bits per heavy atom. The summed E-state index contributed by atoms with van der Waals surface area (Å²) in [5.41, 5.74) is 6.53. The minimum absolute atomic E-state index is 0.136. The van der Waals surface area contributed by atoms with E-state index in [0.29, 0.717) is 19.4 Å². The number of nitrogens with one attached hydrogen (secondary N) is 1. The zero-order chi connectivity index (χ0) is 12.7. The van der Waals surface area contributed by atoms with Crippen LogP contribution in [0.3, 0.4) is 0 Å². The van der Waals surface area contributed by atoms with Crippen LogP contribution in [0.25, 0.3) is 0 Å². The molecule has 1 atom stereocenters. The predicted octanol–water partition coefficient (Wildman–Crippen LogP) is 1.61. The van der Waals surface area contributed by atoms with Crippen LogP contribution in [0.1, 0.15) is 25.3 Å². The van der Waals surface area contributed by atoms with Gasteiger partial charge in [0.05, 0.1) is 6.04 Å². The molecule has 0 spiro atoms. The lowest BCUT2D eigenvalue weighted by Gasteiger charge is -2.11. The van der Waals surface area contributed by atoms with Crippen molar-refractivity contribution < 1.29 is 9.18 Å². The van der Waals surface area contributed by atoms with E-state index in [0.717, 1.165) is 12.0 Å². The highest BCUT2D eigenvalue weighted by Crippen LogP contribution is 2.03. The van der Waals surface area contributed by atoms with Crippen molar-refractivity contribution in [2.24, 2.45) is 5.73 Å². The number of amides is 1.